The molecule has 0 aliphatic carbocycles. The predicted octanol–water partition coefficient (Wildman–Crippen LogP) is 4.63. The van der Waals surface area contributed by atoms with Crippen molar-refractivity contribution in [3.8, 4) is 6.07 Å². The van der Waals surface area contributed by atoms with Crippen LogP contribution < -0.4 is 10.6 Å². The second-order valence-corrected chi connectivity index (χ2v) is 6.28. The molecule has 4 nitrogen and oxygen atoms in total. The van der Waals surface area contributed by atoms with Gasteiger partial charge in [0.1, 0.15) is 0 Å². The molecule has 108 valence electrons. The quantitative estimate of drug-likeness (QED) is 0.664. The highest BCUT2D eigenvalue weighted by molar-refractivity contribution is 7.80. The second-order valence-electron chi connectivity index (χ2n) is 4.40. The molecule has 3 aromatic rings. The molecule has 0 aliphatic rings. The van der Waals surface area contributed by atoms with Gasteiger partial charge in [0.25, 0.3) is 0 Å². The zero-order valence-corrected chi connectivity index (χ0v) is 13.5. The van der Waals surface area contributed by atoms with Crippen LogP contribution in [0.1, 0.15) is 5.56 Å². The summed E-state index contributed by atoms with van der Waals surface area (Å²) < 4.78 is 0.937. The number of fused-ring (bicyclic) bond motifs is 1. The second kappa shape index (κ2) is 6.28. The first-order valence-corrected chi connectivity index (χ1v) is 7.88. The van der Waals surface area contributed by atoms with E-state index in [1.807, 2.05) is 24.3 Å². The van der Waals surface area contributed by atoms with E-state index in [1.54, 1.807) is 18.2 Å². The van der Waals surface area contributed by atoms with Crippen molar-refractivity contribution in [2.24, 2.45) is 0 Å². The summed E-state index contributed by atoms with van der Waals surface area (Å²) in [6, 6.07) is 14.8. The number of nitriles is 1. The van der Waals surface area contributed by atoms with Gasteiger partial charge in [0.15, 0.2) is 10.2 Å². The number of benzene rings is 2. The summed E-state index contributed by atoms with van der Waals surface area (Å²) in [4.78, 5) is 4.43. The number of halogens is 1. The van der Waals surface area contributed by atoms with Gasteiger partial charge >= 0.3 is 0 Å². The number of thiocarbonyl (C=S) groups is 1. The molecule has 7 heteroatoms. The first-order chi connectivity index (χ1) is 10.6. The molecule has 0 fully saturated rings. The first kappa shape index (κ1) is 14.7. The fraction of sp³-hybridized carbons (Fsp3) is 0. The Bertz CT molecular complexity index is 898. The van der Waals surface area contributed by atoms with E-state index in [-0.39, 0.29) is 0 Å². The van der Waals surface area contributed by atoms with E-state index in [9.17, 15) is 0 Å². The number of nitrogens with zero attached hydrogens (tertiary/aromatic N) is 2. The van der Waals surface area contributed by atoms with E-state index < -0.39 is 0 Å². The van der Waals surface area contributed by atoms with E-state index in [0.29, 0.717) is 20.8 Å². The summed E-state index contributed by atoms with van der Waals surface area (Å²) in [6.45, 7) is 0. The van der Waals surface area contributed by atoms with E-state index >= 15 is 0 Å². The van der Waals surface area contributed by atoms with Gasteiger partial charge in [0.05, 0.1) is 21.8 Å². The van der Waals surface area contributed by atoms with Gasteiger partial charge in [-0.15, -0.1) is 0 Å². The van der Waals surface area contributed by atoms with Crippen LogP contribution in [0.15, 0.2) is 42.5 Å². The van der Waals surface area contributed by atoms with Crippen LogP contribution in [-0.4, -0.2) is 10.1 Å². The van der Waals surface area contributed by atoms with Gasteiger partial charge in [0.2, 0.25) is 0 Å². The zero-order valence-electron chi connectivity index (χ0n) is 11.1. The van der Waals surface area contributed by atoms with E-state index in [0.717, 1.165) is 15.9 Å². The highest BCUT2D eigenvalue weighted by Crippen LogP contribution is 2.27. The van der Waals surface area contributed by atoms with Gasteiger partial charge in [-0.25, -0.2) is 4.98 Å². The van der Waals surface area contributed by atoms with Crippen molar-refractivity contribution >= 4 is 61.3 Å². The van der Waals surface area contributed by atoms with Crippen LogP contribution in [0.4, 0.5) is 10.8 Å². The van der Waals surface area contributed by atoms with Crippen LogP contribution >= 0.6 is 35.2 Å². The molecule has 0 aliphatic heterocycles. The molecular weight excluding hydrogens is 336 g/mol. The molecule has 0 saturated heterocycles. The van der Waals surface area contributed by atoms with Crippen LogP contribution in [0.2, 0.25) is 5.02 Å². The zero-order chi connectivity index (χ0) is 15.5. The maximum absolute atomic E-state index is 8.91. The SMILES string of the molecule is N#Cc1ccc2nc(NC(=S)Nc3cccc(Cl)c3)sc2c1. The highest BCUT2D eigenvalue weighted by Gasteiger charge is 2.06. The van der Waals surface area contributed by atoms with Crippen molar-refractivity contribution in [2.75, 3.05) is 10.6 Å². The molecule has 1 aromatic heterocycles. The molecule has 2 N–H and O–H groups in total. The van der Waals surface area contributed by atoms with Crippen LogP contribution in [-0.2, 0) is 0 Å². The van der Waals surface area contributed by atoms with Gasteiger partial charge in [-0.05, 0) is 48.6 Å². The Morgan fingerprint density at radius 1 is 1.23 bits per heavy atom. The standard InChI is InChI=1S/C15H9ClN4S2/c16-10-2-1-3-11(7-10)18-14(21)20-15-19-12-5-4-9(8-17)6-13(12)22-15/h1-7H,(H2,18,19,20,21). The van der Waals surface area contributed by atoms with Crippen LogP contribution in [0.25, 0.3) is 10.2 Å². The maximum Gasteiger partial charge on any atom is 0.190 e. The smallest absolute Gasteiger partial charge is 0.190 e. The van der Waals surface area contributed by atoms with Crippen molar-refractivity contribution in [2.45, 2.75) is 0 Å². The van der Waals surface area contributed by atoms with Gasteiger partial charge in [-0.3, -0.25) is 0 Å². The van der Waals surface area contributed by atoms with Gasteiger partial charge in [0, 0.05) is 10.7 Å². The Morgan fingerprint density at radius 3 is 2.86 bits per heavy atom. The van der Waals surface area contributed by atoms with Crippen LogP contribution in [0, 0.1) is 11.3 Å². The average Bonchev–Trinajstić information content (AvgIpc) is 2.87. The monoisotopic (exact) mass is 344 g/mol. The lowest BCUT2D eigenvalue weighted by Crippen LogP contribution is -2.18. The Kier molecular flexibility index (Phi) is 4.20. The molecule has 1 heterocycles. The predicted molar refractivity (Wildman–Crippen MR) is 95.6 cm³/mol. The molecule has 0 saturated carbocycles. The summed E-state index contributed by atoms with van der Waals surface area (Å²) in [5.41, 5.74) is 2.25. The molecule has 0 atom stereocenters. The molecule has 3 rings (SSSR count). The minimum Gasteiger partial charge on any atom is -0.332 e. The Labute approximate surface area is 141 Å². The summed E-state index contributed by atoms with van der Waals surface area (Å²) >= 11 is 12.6. The Balaban J connectivity index is 1.75. The average molecular weight is 345 g/mol. The van der Waals surface area contributed by atoms with Crippen LogP contribution in [0.5, 0.6) is 0 Å². The lowest BCUT2D eigenvalue weighted by Gasteiger charge is -2.08. The summed E-state index contributed by atoms with van der Waals surface area (Å²) in [5.74, 6) is 0. The first-order valence-electron chi connectivity index (χ1n) is 6.28. The van der Waals surface area contributed by atoms with Gasteiger partial charge in [-0.1, -0.05) is 29.0 Å². The largest absolute Gasteiger partial charge is 0.332 e. The fourth-order valence-electron chi connectivity index (χ4n) is 1.87. The molecule has 2 aromatic carbocycles. The van der Waals surface area contributed by atoms with E-state index in [1.165, 1.54) is 11.3 Å². The number of rotatable bonds is 2. The van der Waals surface area contributed by atoms with Gasteiger partial charge < -0.3 is 10.6 Å². The van der Waals surface area contributed by atoms with Crippen molar-refractivity contribution in [1.82, 2.24) is 4.98 Å². The van der Waals surface area contributed by atoms with Crippen LogP contribution in [0.3, 0.4) is 0 Å². The fourth-order valence-corrected chi connectivity index (χ4v) is 3.25. The van der Waals surface area contributed by atoms with Crippen molar-refractivity contribution in [1.29, 1.82) is 5.26 Å². The van der Waals surface area contributed by atoms with Crippen molar-refractivity contribution in [3.63, 3.8) is 0 Å². The summed E-state index contributed by atoms with van der Waals surface area (Å²) in [7, 11) is 0. The lowest BCUT2D eigenvalue weighted by molar-refractivity contribution is 1.46. The number of aromatic nitrogens is 1. The number of nitrogens with one attached hydrogen (secondary N) is 2. The molecule has 0 radical (unpaired) electrons. The summed E-state index contributed by atoms with van der Waals surface area (Å²) in [6.07, 6.45) is 0. The molecular formula is C15H9ClN4S2. The van der Waals surface area contributed by atoms with Crippen molar-refractivity contribution in [3.05, 3.63) is 53.1 Å². The lowest BCUT2D eigenvalue weighted by atomic mass is 10.2. The highest BCUT2D eigenvalue weighted by atomic mass is 35.5. The van der Waals surface area contributed by atoms with E-state index in [4.69, 9.17) is 29.1 Å². The normalized spacial score (nSPS) is 10.2. The van der Waals surface area contributed by atoms with Crippen molar-refractivity contribution < 1.29 is 0 Å². The van der Waals surface area contributed by atoms with Gasteiger partial charge in [-0.2, -0.15) is 5.26 Å². The number of hydrogen-bond acceptors (Lipinski definition) is 4. The molecule has 22 heavy (non-hydrogen) atoms. The molecule has 0 unspecified atom stereocenters. The Morgan fingerprint density at radius 2 is 2.09 bits per heavy atom. The number of thiazole rings is 1. The minimum atomic E-state index is 0.432. The third-order valence-corrected chi connectivity index (χ3v) is 4.19. The maximum atomic E-state index is 8.91. The molecule has 0 bridgehead atoms. The third-order valence-electron chi connectivity index (χ3n) is 2.82. The number of anilines is 2. The Hall–Kier alpha value is -2.20. The minimum absolute atomic E-state index is 0.432. The van der Waals surface area contributed by atoms with E-state index in [2.05, 4.69) is 21.7 Å². The summed E-state index contributed by atoms with van der Waals surface area (Å²) in [5, 5.41) is 16.7. The molecule has 0 amide bonds. The number of hydrogen-bond donors (Lipinski definition) is 2. The topological polar surface area (TPSA) is 60.7 Å². The molecule has 0 spiro atoms. The third kappa shape index (κ3) is 3.34.